The minimum Gasteiger partial charge on any atom is -0.497 e. The molecule has 1 amide bonds. The zero-order valence-corrected chi connectivity index (χ0v) is 14.3. The molecule has 1 aromatic heterocycles. The summed E-state index contributed by atoms with van der Waals surface area (Å²) in [4.78, 5) is 14.0. The smallest absolute Gasteiger partial charge is 0.418 e. The van der Waals surface area contributed by atoms with E-state index in [1.165, 1.54) is 9.47 Å². The van der Waals surface area contributed by atoms with Crippen molar-refractivity contribution in [3.05, 3.63) is 51.8 Å². The van der Waals surface area contributed by atoms with E-state index >= 15 is 0 Å². The Morgan fingerprint density at radius 2 is 1.88 bits per heavy atom. The van der Waals surface area contributed by atoms with Gasteiger partial charge in [-0.1, -0.05) is 12.1 Å². The lowest BCUT2D eigenvalue weighted by Gasteiger charge is -2.29. The van der Waals surface area contributed by atoms with E-state index in [4.69, 9.17) is 4.74 Å². The molecular weight excluding hydrogens is 389 g/mol. The van der Waals surface area contributed by atoms with Crippen LogP contribution < -0.4 is 4.74 Å². The number of alkyl halides is 3. The fraction of sp³-hybridized carbons (Fsp3) is 0.312. The Kier molecular flexibility index (Phi) is 4.33. The van der Waals surface area contributed by atoms with Crippen LogP contribution in [0.1, 0.15) is 21.6 Å². The fourth-order valence-electron chi connectivity index (χ4n) is 2.76. The van der Waals surface area contributed by atoms with Crippen molar-refractivity contribution in [3.8, 4) is 5.75 Å². The number of benzene rings is 1. The van der Waals surface area contributed by atoms with E-state index in [2.05, 4.69) is 15.9 Å². The number of carbonyl (C=O) groups excluding carboxylic acids is 1. The summed E-state index contributed by atoms with van der Waals surface area (Å²) in [6.45, 7) is 0.916. The van der Waals surface area contributed by atoms with Gasteiger partial charge in [0, 0.05) is 19.6 Å². The second-order valence-electron chi connectivity index (χ2n) is 5.45. The molecule has 0 aliphatic carbocycles. The van der Waals surface area contributed by atoms with Crippen molar-refractivity contribution in [1.29, 1.82) is 0 Å². The number of aromatic nitrogens is 1. The van der Waals surface area contributed by atoms with E-state index in [-0.39, 0.29) is 16.8 Å². The molecule has 0 unspecified atom stereocenters. The van der Waals surface area contributed by atoms with Crippen molar-refractivity contribution in [2.45, 2.75) is 19.3 Å². The summed E-state index contributed by atoms with van der Waals surface area (Å²) >= 11 is 3.10. The van der Waals surface area contributed by atoms with Gasteiger partial charge in [-0.25, -0.2) is 0 Å². The highest BCUT2D eigenvalue weighted by Crippen LogP contribution is 2.37. The molecule has 0 radical (unpaired) electrons. The van der Waals surface area contributed by atoms with Crippen LogP contribution in [0.15, 0.2) is 34.9 Å². The first-order valence-electron chi connectivity index (χ1n) is 7.19. The monoisotopic (exact) mass is 402 g/mol. The third-order valence-corrected chi connectivity index (χ3v) is 4.62. The molecule has 128 valence electrons. The minimum absolute atomic E-state index is 0.253. The highest BCUT2D eigenvalue weighted by molar-refractivity contribution is 9.10. The SMILES string of the molecule is COc1ccc(CN2CCn3c(Br)cc(C(F)(F)F)c3C2=O)cc1. The van der Waals surface area contributed by atoms with Gasteiger partial charge in [0.1, 0.15) is 11.4 Å². The van der Waals surface area contributed by atoms with Gasteiger partial charge in [-0.05, 0) is 39.7 Å². The molecule has 2 aromatic rings. The molecular formula is C16H14BrF3N2O2. The molecule has 1 aromatic carbocycles. The molecule has 3 rings (SSSR count). The number of rotatable bonds is 3. The van der Waals surface area contributed by atoms with Gasteiger partial charge in [0.2, 0.25) is 0 Å². The van der Waals surface area contributed by atoms with E-state index in [0.717, 1.165) is 11.6 Å². The van der Waals surface area contributed by atoms with Crippen LogP contribution in [-0.4, -0.2) is 29.0 Å². The average molecular weight is 403 g/mol. The number of methoxy groups -OCH3 is 1. The highest BCUT2D eigenvalue weighted by atomic mass is 79.9. The van der Waals surface area contributed by atoms with Crippen LogP contribution in [0.5, 0.6) is 5.75 Å². The summed E-state index contributed by atoms with van der Waals surface area (Å²) < 4.78 is 46.2. The zero-order valence-electron chi connectivity index (χ0n) is 12.7. The maximum atomic E-state index is 13.2. The number of hydrogen-bond donors (Lipinski definition) is 0. The van der Waals surface area contributed by atoms with Gasteiger partial charge in [0.25, 0.3) is 5.91 Å². The third kappa shape index (κ3) is 3.02. The van der Waals surface area contributed by atoms with Gasteiger partial charge in [0.15, 0.2) is 0 Å². The molecule has 2 heterocycles. The minimum atomic E-state index is -4.57. The van der Waals surface area contributed by atoms with Gasteiger partial charge in [-0.2, -0.15) is 13.2 Å². The zero-order chi connectivity index (χ0) is 17.5. The highest BCUT2D eigenvalue weighted by Gasteiger charge is 2.41. The fourth-order valence-corrected chi connectivity index (χ4v) is 3.34. The van der Waals surface area contributed by atoms with Gasteiger partial charge in [-0.15, -0.1) is 0 Å². The van der Waals surface area contributed by atoms with Crippen molar-refractivity contribution in [3.63, 3.8) is 0 Å². The first-order chi connectivity index (χ1) is 11.3. The molecule has 0 N–H and O–H groups in total. The summed E-state index contributed by atoms with van der Waals surface area (Å²) in [5, 5.41) is 0. The number of ether oxygens (including phenoxy) is 1. The lowest BCUT2D eigenvalue weighted by atomic mass is 10.1. The average Bonchev–Trinajstić information content (AvgIpc) is 2.89. The van der Waals surface area contributed by atoms with Gasteiger partial charge < -0.3 is 14.2 Å². The summed E-state index contributed by atoms with van der Waals surface area (Å²) in [7, 11) is 1.55. The van der Waals surface area contributed by atoms with Crippen LogP contribution in [-0.2, 0) is 19.3 Å². The van der Waals surface area contributed by atoms with Gasteiger partial charge >= 0.3 is 6.18 Å². The molecule has 0 saturated carbocycles. The number of halogens is 4. The third-order valence-electron chi connectivity index (χ3n) is 3.97. The topological polar surface area (TPSA) is 34.5 Å². The summed E-state index contributed by atoms with van der Waals surface area (Å²) in [6, 6.07) is 8.05. The first-order valence-corrected chi connectivity index (χ1v) is 7.99. The Morgan fingerprint density at radius 3 is 2.46 bits per heavy atom. The molecule has 0 bridgehead atoms. The van der Waals surface area contributed by atoms with Crippen LogP contribution >= 0.6 is 15.9 Å². The second kappa shape index (κ2) is 6.16. The standard InChI is InChI=1S/C16H14BrF3N2O2/c1-24-11-4-2-10(3-5-11)9-21-6-7-22-13(17)8-12(16(18,19)20)14(22)15(21)23/h2-5,8H,6-7,9H2,1H3. The second-order valence-corrected chi connectivity index (χ2v) is 6.27. The van der Waals surface area contributed by atoms with Crippen molar-refractivity contribution >= 4 is 21.8 Å². The predicted molar refractivity (Wildman–Crippen MR) is 84.9 cm³/mol. The molecule has 8 heteroatoms. The molecule has 0 atom stereocenters. The molecule has 0 fully saturated rings. The van der Waals surface area contributed by atoms with Crippen LogP contribution in [0.25, 0.3) is 0 Å². The summed E-state index contributed by atoms with van der Waals surface area (Å²) in [5.74, 6) is 0.0657. The lowest BCUT2D eigenvalue weighted by molar-refractivity contribution is -0.138. The number of amides is 1. The summed E-state index contributed by atoms with van der Waals surface area (Å²) in [6.07, 6.45) is -4.57. The maximum Gasteiger partial charge on any atom is 0.418 e. The lowest BCUT2D eigenvalue weighted by Crippen LogP contribution is -2.40. The molecule has 0 spiro atoms. The van der Waals surface area contributed by atoms with Crippen molar-refractivity contribution < 1.29 is 22.7 Å². The molecule has 24 heavy (non-hydrogen) atoms. The predicted octanol–water partition coefficient (Wildman–Crippen LogP) is 3.93. The van der Waals surface area contributed by atoms with Crippen LogP contribution in [0, 0.1) is 0 Å². The quantitative estimate of drug-likeness (QED) is 0.779. The largest absolute Gasteiger partial charge is 0.497 e. The first kappa shape index (κ1) is 16.9. The van der Waals surface area contributed by atoms with E-state index in [1.54, 1.807) is 31.4 Å². The number of nitrogens with zero attached hydrogens (tertiary/aromatic N) is 2. The Bertz CT molecular complexity index is 769. The van der Waals surface area contributed by atoms with E-state index in [9.17, 15) is 18.0 Å². The Labute approximate surface area is 144 Å². The summed E-state index contributed by atoms with van der Waals surface area (Å²) in [5.41, 5.74) is -0.385. The van der Waals surface area contributed by atoms with Crippen molar-refractivity contribution in [2.24, 2.45) is 0 Å². The molecule has 1 aliphatic rings. The van der Waals surface area contributed by atoms with Gasteiger partial charge in [-0.3, -0.25) is 4.79 Å². The molecule has 0 saturated heterocycles. The van der Waals surface area contributed by atoms with Crippen LogP contribution in [0.4, 0.5) is 13.2 Å². The van der Waals surface area contributed by atoms with E-state index < -0.39 is 17.6 Å². The normalized spacial score (nSPS) is 14.7. The van der Waals surface area contributed by atoms with Crippen LogP contribution in [0.3, 0.4) is 0 Å². The number of carbonyl (C=O) groups is 1. The van der Waals surface area contributed by atoms with Gasteiger partial charge in [0.05, 0.1) is 17.3 Å². The van der Waals surface area contributed by atoms with E-state index in [1.807, 2.05) is 0 Å². The maximum absolute atomic E-state index is 13.2. The Morgan fingerprint density at radius 1 is 1.21 bits per heavy atom. The number of hydrogen-bond acceptors (Lipinski definition) is 2. The molecule has 4 nitrogen and oxygen atoms in total. The Hall–Kier alpha value is -1.96. The van der Waals surface area contributed by atoms with Crippen molar-refractivity contribution in [1.82, 2.24) is 9.47 Å². The molecule has 1 aliphatic heterocycles. The van der Waals surface area contributed by atoms with Crippen LogP contribution in [0.2, 0.25) is 0 Å². The number of fused-ring (bicyclic) bond motifs is 1. The van der Waals surface area contributed by atoms with Crippen molar-refractivity contribution in [2.75, 3.05) is 13.7 Å². The Balaban J connectivity index is 1.88. The van der Waals surface area contributed by atoms with E-state index in [0.29, 0.717) is 18.8 Å².